The lowest BCUT2D eigenvalue weighted by Gasteiger charge is -2.37. The van der Waals surface area contributed by atoms with Crippen molar-refractivity contribution in [3.63, 3.8) is 0 Å². The van der Waals surface area contributed by atoms with Crippen LogP contribution in [0.1, 0.15) is 85.9 Å². The Balaban J connectivity index is 3.49. The lowest BCUT2D eigenvalue weighted by molar-refractivity contribution is -0.144. The van der Waals surface area contributed by atoms with Crippen molar-refractivity contribution in [2.45, 2.75) is 98.4 Å². The summed E-state index contributed by atoms with van der Waals surface area (Å²) in [7, 11) is 0. The topological polar surface area (TPSA) is 108 Å². The Kier molecular flexibility index (Phi) is 11.2. The van der Waals surface area contributed by atoms with E-state index in [1.54, 1.807) is 20.8 Å². The molecule has 198 valence electrons. The quantitative estimate of drug-likeness (QED) is 0.459. The van der Waals surface area contributed by atoms with Gasteiger partial charge < -0.3 is 25.4 Å². The van der Waals surface area contributed by atoms with E-state index in [2.05, 4.69) is 10.6 Å². The monoisotopic (exact) mass is 491 g/mol. The molecule has 35 heavy (non-hydrogen) atoms. The molecule has 0 saturated carbocycles. The van der Waals surface area contributed by atoms with Gasteiger partial charge in [-0.2, -0.15) is 0 Å². The molecule has 1 rings (SSSR count). The summed E-state index contributed by atoms with van der Waals surface area (Å²) in [6.07, 6.45) is 0.750. The van der Waals surface area contributed by atoms with Crippen LogP contribution in [0.25, 0.3) is 0 Å². The van der Waals surface area contributed by atoms with E-state index in [1.807, 2.05) is 65.8 Å². The molecule has 0 aliphatic carbocycles. The van der Waals surface area contributed by atoms with Gasteiger partial charge in [0.1, 0.15) is 17.7 Å². The van der Waals surface area contributed by atoms with Crippen molar-refractivity contribution in [1.29, 1.82) is 0 Å². The molecule has 3 N–H and O–H groups in total. The molecule has 0 bridgehead atoms. The highest BCUT2D eigenvalue weighted by Crippen LogP contribution is 2.26. The van der Waals surface area contributed by atoms with Crippen LogP contribution in [0.5, 0.6) is 0 Å². The van der Waals surface area contributed by atoms with Gasteiger partial charge in [0, 0.05) is 12.1 Å². The number of nitrogens with zero attached hydrogens (tertiary/aromatic N) is 1. The number of amides is 3. The lowest BCUT2D eigenvalue weighted by Crippen LogP contribution is -2.56. The molecule has 3 amide bonds. The fourth-order valence-corrected chi connectivity index (χ4v) is 3.62. The van der Waals surface area contributed by atoms with Gasteiger partial charge in [0.25, 0.3) is 0 Å². The van der Waals surface area contributed by atoms with E-state index in [1.165, 1.54) is 4.90 Å². The molecule has 0 saturated heterocycles. The molecular weight excluding hydrogens is 446 g/mol. The molecule has 0 aliphatic heterocycles. The molecule has 0 fully saturated rings. The number of aryl methyl sites for hydroxylation is 1. The van der Waals surface area contributed by atoms with Crippen molar-refractivity contribution >= 4 is 17.9 Å². The summed E-state index contributed by atoms with van der Waals surface area (Å²) in [5.74, 6) is -1.04. The maximum Gasteiger partial charge on any atom is 0.408 e. The van der Waals surface area contributed by atoms with E-state index >= 15 is 0 Å². The molecule has 3 atom stereocenters. The first-order chi connectivity index (χ1) is 16.1. The second-order valence-electron chi connectivity index (χ2n) is 11.0. The minimum absolute atomic E-state index is 0.0699. The molecule has 0 radical (unpaired) electrons. The van der Waals surface area contributed by atoms with Crippen LogP contribution in [0.2, 0.25) is 0 Å². The zero-order valence-corrected chi connectivity index (χ0v) is 22.9. The molecule has 8 nitrogen and oxygen atoms in total. The number of rotatable bonds is 10. The third kappa shape index (κ3) is 9.88. The third-order valence-corrected chi connectivity index (χ3v) is 5.54. The second kappa shape index (κ2) is 12.9. The van der Waals surface area contributed by atoms with Gasteiger partial charge in [0.15, 0.2) is 0 Å². The first-order valence-corrected chi connectivity index (χ1v) is 12.4. The molecule has 0 aromatic heterocycles. The van der Waals surface area contributed by atoms with Gasteiger partial charge in [-0.1, -0.05) is 51.5 Å². The maximum atomic E-state index is 13.9. The summed E-state index contributed by atoms with van der Waals surface area (Å²) < 4.78 is 5.39. The molecular formula is C27H45N3O5. The number of carbonyl (C=O) groups is 3. The van der Waals surface area contributed by atoms with Crippen LogP contribution in [0.4, 0.5) is 4.79 Å². The zero-order valence-electron chi connectivity index (χ0n) is 22.9. The highest BCUT2D eigenvalue weighted by atomic mass is 16.6. The fraction of sp³-hybridized carbons (Fsp3) is 0.667. The molecule has 1 aromatic rings. The number of benzene rings is 1. The predicted molar refractivity (Wildman–Crippen MR) is 138 cm³/mol. The van der Waals surface area contributed by atoms with E-state index in [0.29, 0.717) is 12.0 Å². The summed E-state index contributed by atoms with van der Waals surface area (Å²) in [6, 6.07) is 5.62. The van der Waals surface area contributed by atoms with E-state index in [0.717, 1.165) is 12.0 Å². The lowest BCUT2D eigenvalue weighted by atomic mass is 9.95. The predicted octanol–water partition coefficient (Wildman–Crippen LogP) is 3.97. The highest BCUT2D eigenvalue weighted by Gasteiger charge is 2.38. The average Bonchev–Trinajstić information content (AvgIpc) is 2.74. The second-order valence-corrected chi connectivity index (χ2v) is 11.0. The van der Waals surface area contributed by atoms with Gasteiger partial charge in [-0.05, 0) is 65.0 Å². The summed E-state index contributed by atoms with van der Waals surface area (Å²) in [5.41, 5.74) is 0.477. The zero-order chi connectivity index (χ0) is 27.0. The van der Waals surface area contributed by atoms with Crippen molar-refractivity contribution in [2.24, 2.45) is 5.92 Å². The van der Waals surface area contributed by atoms with Crippen LogP contribution < -0.4 is 10.6 Å². The van der Waals surface area contributed by atoms with Crippen LogP contribution in [0, 0.1) is 5.92 Å². The van der Waals surface area contributed by atoms with Crippen LogP contribution in [0.15, 0.2) is 24.3 Å². The maximum absolute atomic E-state index is 13.9. The van der Waals surface area contributed by atoms with Crippen molar-refractivity contribution in [3.8, 4) is 0 Å². The number of hydrogen-bond acceptors (Lipinski definition) is 5. The van der Waals surface area contributed by atoms with Crippen molar-refractivity contribution in [2.75, 3.05) is 13.2 Å². The van der Waals surface area contributed by atoms with Crippen LogP contribution >= 0.6 is 0 Å². The normalized spacial score (nSPS) is 14.5. The van der Waals surface area contributed by atoms with E-state index in [-0.39, 0.29) is 25.0 Å². The first kappa shape index (κ1) is 30.4. The van der Waals surface area contributed by atoms with Crippen molar-refractivity contribution in [3.05, 3.63) is 35.4 Å². The Morgan fingerprint density at radius 3 is 2.03 bits per heavy atom. The number of nitrogens with one attached hydrogen (secondary N) is 2. The van der Waals surface area contributed by atoms with Crippen molar-refractivity contribution in [1.82, 2.24) is 15.5 Å². The largest absolute Gasteiger partial charge is 0.444 e. The Morgan fingerprint density at radius 1 is 1.03 bits per heavy atom. The smallest absolute Gasteiger partial charge is 0.408 e. The van der Waals surface area contributed by atoms with Crippen LogP contribution in [-0.4, -0.2) is 58.2 Å². The van der Waals surface area contributed by atoms with Gasteiger partial charge >= 0.3 is 6.09 Å². The van der Waals surface area contributed by atoms with Crippen LogP contribution in [0.3, 0.4) is 0 Å². The Bertz CT molecular complexity index is 840. The van der Waals surface area contributed by atoms with E-state index in [9.17, 15) is 19.5 Å². The number of ether oxygens (including phenoxy) is 1. The van der Waals surface area contributed by atoms with E-state index in [4.69, 9.17) is 4.74 Å². The van der Waals surface area contributed by atoms with E-state index < -0.39 is 35.2 Å². The summed E-state index contributed by atoms with van der Waals surface area (Å²) in [5, 5.41) is 15.5. The standard InChI is InChI=1S/C27H45N3O5/c1-10-18(3)21(28-25(34)35-27(7,8)9)24(33)30(16-17-31)22(23(32)29-26(4,5)6)20-14-12-19(11-2)13-15-20/h12-15,18,21-22,31H,10-11,16-17H2,1-9H3,(H,28,34)(H,29,32). The number of aliphatic hydroxyl groups is 1. The number of alkyl carbamates (subject to hydrolysis) is 1. The highest BCUT2D eigenvalue weighted by molar-refractivity contribution is 5.92. The Hall–Kier alpha value is -2.61. The van der Waals surface area contributed by atoms with Gasteiger partial charge in [0.05, 0.1) is 6.61 Å². The Morgan fingerprint density at radius 2 is 1.60 bits per heavy atom. The van der Waals surface area contributed by atoms with Gasteiger partial charge in [-0.25, -0.2) is 4.79 Å². The third-order valence-electron chi connectivity index (χ3n) is 5.54. The minimum Gasteiger partial charge on any atom is -0.444 e. The van der Waals surface area contributed by atoms with Gasteiger partial charge in [0.2, 0.25) is 11.8 Å². The summed E-state index contributed by atoms with van der Waals surface area (Å²) >= 11 is 0. The number of carbonyl (C=O) groups excluding carboxylic acids is 3. The average molecular weight is 492 g/mol. The summed E-state index contributed by atoms with van der Waals surface area (Å²) in [4.78, 5) is 41.3. The summed E-state index contributed by atoms with van der Waals surface area (Å²) in [6.45, 7) is 16.3. The fourth-order valence-electron chi connectivity index (χ4n) is 3.62. The van der Waals surface area contributed by atoms with Gasteiger partial charge in [-0.3, -0.25) is 9.59 Å². The Labute approximate surface area is 210 Å². The molecule has 0 spiro atoms. The SMILES string of the molecule is CCc1ccc(C(C(=O)NC(C)(C)C)N(CCO)C(=O)C(NC(=O)OC(C)(C)C)C(C)CC)cc1. The molecule has 0 heterocycles. The molecule has 1 aromatic carbocycles. The van der Waals surface area contributed by atoms with Gasteiger partial charge in [-0.15, -0.1) is 0 Å². The molecule has 8 heteroatoms. The molecule has 0 aliphatic rings. The number of hydrogen-bond donors (Lipinski definition) is 3. The molecule has 3 unspecified atom stereocenters. The minimum atomic E-state index is -0.980. The first-order valence-electron chi connectivity index (χ1n) is 12.4. The van der Waals surface area contributed by atoms with Crippen molar-refractivity contribution < 1.29 is 24.2 Å². The number of aliphatic hydroxyl groups excluding tert-OH is 1. The van der Waals surface area contributed by atoms with Crippen LogP contribution in [-0.2, 0) is 20.7 Å².